The first-order chi connectivity index (χ1) is 19.5. The van der Waals surface area contributed by atoms with E-state index in [0.717, 1.165) is 68.7 Å². The van der Waals surface area contributed by atoms with Crippen molar-refractivity contribution in [2.24, 2.45) is 0 Å². The second-order valence-electron chi connectivity index (χ2n) is 11.8. The number of aryl methyl sites for hydroxylation is 6. The largest absolute Gasteiger partial charge is 0.355 e. The van der Waals surface area contributed by atoms with Gasteiger partial charge < -0.3 is 15.0 Å². The molecule has 0 atom stereocenters. The molecule has 0 saturated heterocycles. The minimum atomic E-state index is 0.949. The average molecular weight is 544 g/mol. The molecule has 0 spiro atoms. The van der Waals surface area contributed by atoms with Crippen molar-refractivity contribution in [3.63, 3.8) is 0 Å². The van der Waals surface area contributed by atoms with Gasteiger partial charge in [-0.05, 0) is 148 Å². The Kier molecular flexibility index (Phi) is 6.44. The van der Waals surface area contributed by atoms with Crippen LogP contribution in [0.15, 0.2) is 24.3 Å². The molecular weight excluding hydrogens is 502 g/mol. The highest BCUT2D eigenvalue weighted by Gasteiger charge is 2.21. The maximum absolute atomic E-state index is 5.23. The molecule has 6 rings (SSSR count). The standard InChI is InChI=1S/C36H41N5/c1-11-25-26(12-2)36-35-24(10)23(9)33(40-35)15-31-20(6)19(5)29(38-31)13-27-17(3)18(4)28(37-27)14-30-21(7)22(8)32(39-30)16-34(25)41-36/h13-16,37,39,41H,11-12H2,1-10H3. The Morgan fingerprint density at radius 2 is 0.902 bits per heavy atom. The molecule has 10 bridgehead atoms. The quantitative estimate of drug-likeness (QED) is 0.235. The van der Waals surface area contributed by atoms with E-state index in [-0.39, 0.29) is 0 Å². The van der Waals surface area contributed by atoms with Crippen molar-refractivity contribution >= 4 is 55.4 Å². The number of nitrogens with one attached hydrogen (secondary N) is 3. The van der Waals surface area contributed by atoms with Crippen molar-refractivity contribution in [2.45, 2.75) is 82.1 Å². The van der Waals surface area contributed by atoms with E-state index in [2.05, 4.69) is 108 Å². The van der Waals surface area contributed by atoms with Crippen LogP contribution >= 0.6 is 0 Å². The lowest BCUT2D eigenvalue weighted by atomic mass is 10.0. The summed E-state index contributed by atoms with van der Waals surface area (Å²) in [6, 6.07) is 8.91. The van der Waals surface area contributed by atoms with Crippen molar-refractivity contribution in [3.8, 4) is 0 Å². The predicted molar refractivity (Wildman–Crippen MR) is 176 cm³/mol. The number of allylic oxidation sites excluding steroid dienone is 4. The average Bonchev–Trinajstić information content (AvgIpc) is 3.68. The zero-order valence-corrected chi connectivity index (χ0v) is 26.1. The van der Waals surface area contributed by atoms with Crippen LogP contribution < -0.4 is 0 Å². The van der Waals surface area contributed by atoms with Gasteiger partial charge >= 0.3 is 0 Å². The number of H-pyrrole nitrogens is 3. The van der Waals surface area contributed by atoms with E-state index in [1.165, 1.54) is 55.7 Å². The van der Waals surface area contributed by atoms with E-state index in [4.69, 9.17) is 9.97 Å². The van der Waals surface area contributed by atoms with Gasteiger partial charge in [-0.1, -0.05) is 13.8 Å². The first-order valence-electron chi connectivity index (χ1n) is 14.8. The van der Waals surface area contributed by atoms with Gasteiger partial charge in [0.1, 0.15) is 0 Å². The van der Waals surface area contributed by atoms with Crippen LogP contribution in [-0.2, 0) is 12.8 Å². The molecule has 2 aliphatic rings. The Morgan fingerprint density at radius 1 is 0.463 bits per heavy atom. The van der Waals surface area contributed by atoms with Crippen LogP contribution in [0.2, 0.25) is 0 Å². The van der Waals surface area contributed by atoms with Crippen LogP contribution in [0.1, 0.15) is 97.7 Å². The van der Waals surface area contributed by atoms with Gasteiger partial charge in [0.2, 0.25) is 0 Å². The molecule has 0 amide bonds. The highest BCUT2D eigenvalue weighted by molar-refractivity contribution is 5.98. The Balaban J connectivity index is 1.84. The molecule has 0 aromatic carbocycles. The van der Waals surface area contributed by atoms with Crippen LogP contribution in [0, 0.1) is 27.7 Å². The van der Waals surface area contributed by atoms with Crippen LogP contribution in [0.5, 0.6) is 0 Å². The SMILES string of the molecule is CCc1c(CC)c2[nH]c1cc1[nH]c(cc3[nH]c(cc4nc(cc5nc2C(C)=C5C)C(C)=C4C)c(C)c3C)c(C)c1C. The molecular formula is C36H41N5. The molecule has 3 N–H and O–H groups in total. The Labute approximate surface area is 242 Å². The maximum atomic E-state index is 5.23. The number of aromatic nitrogens is 5. The second kappa shape index (κ2) is 9.76. The number of hydrogen-bond donors (Lipinski definition) is 3. The van der Waals surface area contributed by atoms with Crippen LogP contribution in [-0.4, -0.2) is 24.9 Å². The monoisotopic (exact) mass is 543 g/mol. The number of aromatic amines is 3. The minimum absolute atomic E-state index is 0.949. The number of nitrogens with zero attached hydrogens (tertiary/aromatic N) is 2. The third-order valence-electron chi connectivity index (χ3n) is 9.71. The summed E-state index contributed by atoms with van der Waals surface area (Å²) in [5.41, 5.74) is 23.4. The van der Waals surface area contributed by atoms with Gasteiger partial charge in [0.15, 0.2) is 0 Å². The molecule has 6 heterocycles. The molecule has 5 heteroatoms. The fourth-order valence-electron chi connectivity index (χ4n) is 6.33. The number of rotatable bonds is 2. The van der Waals surface area contributed by atoms with E-state index in [0.29, 0.717) is 0 Å². The number of hydrogen-bond acceptors (Lipinski definition) is 2. The summed E-state index contributed by atoms with van der Waals surface area (Å²) >= 11 is 0. The van der Waals surface area contributed by atoms with Gasteiger partial charge in [-0.3, -0.25) is 0 Å². The summed E-state index contributed by atoms with van der Waals surface area (Å²) < 4.78 is 0. The van der Waals surface area contributed by atoms with E-state index >= 15 is 0 Å². The summed E-state index contributed by atoms with van der Waals surface area (Å²) in [5, 5.41) is 0. The second-order valence-corrected chi connectivity index (χ2v) is 11.8. The molecule has 0 saturated carbocycles. The first-order valence-corrected chi connectivity index (χ1v) is 14.8. The lowest BCUT2D eigenvalue weighted by molar-refractivity contribution is 1.07. The molecule has 4 aromatic heterocycles. The predicted octanol–water partition coefficient (Wildman–Crippen LogP) is 9.62. The lowest BCUT2D eigenvalue weighted by Gasteiger charge is -2.01. The minimum Gasteiger partial charge on any atom is -0.355 e. The topological polar surface area (TPSA) is 73.2 Å². The molecule has 41 heavy (non-hydrogen) atoms. The Hall–Kier alpha value is -4.12. The third-order valence-corrected chi connectivity index (χ3v) is 9.71. The van der Waals surface area contributed by atoms with E-state index < -0.39 is 0 Å². The summed E-state index contributed by atoms with van der Waals surface area (Å²) in [6.07, 6.45) is 1.91. The van der Waals surface area contributed by atoms with Gasteiger partial charge in [0, 0.05) is 27.6 Å². The molecule has 0 radical (unpaired) electrons. The smallest absolute Gasteiger partial charge is 0.0907 e. The summed E-state index contributed by atoms with van der Waals surface area (Å²) in [4.78, 5) is 21.6. The van der Waals surface area contributed by atoms with Crippen molar-refractivity contribution in [1.29, 1.82) is 0 Å². The maximum Gasteiger partial charge on any atom is 0.0907 e. The molecule has 210 valence electrons. The highest BCUT2D eigenvalue weighted by atomic mass is 14.8. The highest BCUT2D eigenvalue weighted by Crippen LogP contribution is 2.36. The van der Waals surface area contributed by atoms with Crippen molar-refractivity contribution in [1.82, 2.24) is 24.9 Å². The normalized spacial score (nSPS) is 13.6. The van der Waals surface area contributed by atoms with Gasteiger partial charge in [0.05, 0.1) is 28.3 Å². The van der Waals surface area contributed by atoms with Gasteiger partial charge in [-0.15, -0.1) is 0 Å². The van der Waals surface area contributed by atoms with Crippen LogP contribution in [0.25, 0.3) is 55.4 Å². The number of fused-ring (bicyclic) bond motifs is 11. The first kappa shape index (κ1) is 27.1. The Bertz CT molecular complexity index is 2040. The van der Waals surface area contributed by atoms with Gasteiger partial charge in [0.25, 0.3) is 0 Å². The van der Waals surface area contributed by atoms with Crippen LogP contribution in [0.4, 0.5) is 0 Å². The third kappa shape index (κ3) is 4.13. The van der Waals surface area contributed by atoms with E-state index in [1.807, 2.05) is 0 Å². The van der Waals surface area contributed by atoms with E-state index in [1.54, 1.807) is 0 Å². The molecule has 4 aromatic rings. The zero-order valence-electron chi connectivity index (χ0n) is 26.1. The van der Waals surface area contributed by atoms with Crippen molar-refractivity contribution in [3.05, 3.63) is 80.4 Å². The van der Waals surface area contributed by atoms with Crippen molar-refractivity contribution < 1.29 is 0 Å². The fourth-order valence-corrected chi connectivity index (χ4v) is 6.33. The molecule has 5 nitrogen and oxygen atoms in total. The molecule has 0 unspecified atom stereocenters. The summed E-state index contributed by atoms with van der Waals surface area (Å²) in [6.45, 7) is 22.0. The zero-order chi connectivity index (χ0) is 29.3. The van der Waals surface area contributed by atoms with Gasteiger partial charge in [-0.25, -0.2) is 9.97 Å². The van der Waals surface area contributed by atoms with Crippen LogP contribution in [0.3, 0.4) is 0 Å². The fraction of sp³-hybridized carbons (Fsp3) is 0.333. The molecule has 0 fully saturated rings. The van der Waals surface area contributed by atoms with E-state index in [9.17, 15) is 0 Å². The molecule has 2 aliphatic heterocycles. The Morgan fingerprint density at radius 3 is 1.44 bits per heavy atom. The lowest BCUT2D eigenvalue weighted by Crippen LogP contribution is -1.88. The molecule has 0 aliphatic carbocycles. The summed E-state index contributed by atoms with van der Waals surface area (Å²) in [5.74, 6) is 0. The summed E-state index contributed by atoms with van der Waals surface area (Å²) in [7, 11) is 0. The van der Waals surface area contributed by atoms with Gasteiger partial charge in [-0.2, -0.15) is 0 Å². The van der Waals surface area contributed by atoms with Crippen molar-refractivity contribution in [2.75, 3.05) is 0 Å².